The standard InChI is InChI=1S/C22H32N4O3/c1-4-23-22(29)26-15-19(8-9-20(26)18-7-5-6-16(2)14-18)21(28)25-12-10-24(11-13-25)17(3)27/h5-7,14,19-20H,4,8-13,15H2,1-3H3,(H,23,29)/t19-,20-/m0/s1. The summed E-state index contributed by atoms with van der Waals surface area (Å²) in [5.74, 6) is -0.0362. The molecule has 0 bridgehead atoms. The van der Waals surface area contributed by atoms with Gasteiger partial charge in [0.25, 0.3) is 0 Å². The number of carbonyl (C=O) groups excluding carboxylic acids is 3. The van der Waals surface area contributed by atoms with E-state index < -0.39 is 0 Å². The molecule has 2 aliphatic rings. The van der Waals surface area contributed by atoms with Crippen LogP contribution in [0, 0.1) is 12.8 Å². The third-order valence-electron chi connectivity index (χ3n) is 5.98. The van der Waals surface area contributed by atoms with Crippen LogP contribution in [0.3, 0.4) is 0 Å². The van der Waals surface area contributed by atoms with Crippen LogP contribution in [0.5, 0.6) is 0 Å². The monoisotopic (exact) mass is 400 g/mol. The summed E-state index contributed by atoms with van der Waals surface area (Å²) in [4.78, 5) is 42.9. The molecule has 2 saturated heterocycles. The smallest absolute Gasteiger partial charge is 0.317 e. The van der Waals surface area contributed by atoms with Crippen LogP contribution in [0.4, 0.5) is 4.79 Å². The van der Waals surface area contributed by atoms with Gasteiger partial charge in [0.2, 0.25) is 11.8 Å². The zero-order chi connectivity index (χ0) is 21.0. The van der Waals surface area contributed by atoms with Crippen LogP contribution >= 0.6 is 0 Å². The second-order valence-electron chi connectivity index (χ2n) is 8.02. The Bertz CT molecular complexity index is 758. The summed E-state index contributed by atoms with van der Waals surface area (Å²) >= 11 is 0. The highest BCUT2D eigenvalue weighted by molar-refractivity contribution is 5.82. The summed E-state index contributed by atoms with van der Waals surface area (Å²) < 4.78 is 0. The minimum Gasteiger partial charge on any atom is -0.339 e. The molecule has 3 rings (SSSR count). The zero-order valence-corrected chi connectivity index (χ0v) is 17.7. The molecule has 2 heterocycles. The first-order valence-corrected chi connectivity index (χ1v) is 10.6. The Kier molecular flexibility index (Phi) is 6.77. The van der Waals surface area contributed by atoms with Gasteiger partial charge in [0.1, 0.15) is 0 Å². The number of hydrogen-bond donors (Lipinski definition) is 1. The summed E-state index contributed by atoms with van der Waals surface area (Å²) in [5, 5.41) is 2.90. The lowest BCUT2D eigenvalue weighted by molar-refractivity contribution is -0.142. The molecule has 158 valence electrons. The predicted octanol–water partition coefficient (Wildman–Crippen LogP) is 2.17. The Balaban J connectivity index is 1.71. The number of carbonyl (C=O) groups is 3. The van der Waals surface area contributed by atoms with Crippen molar-refractivity contribution in [1.82, 2.24) is 20.0 Å². The molecule has 1 aromatic carbocycles. The van der Waals surface area contributed by atoms with E-state index in [1.807, 2.05) is 22.8 Å². The van der Waals surface area contributed by atoms with Crippen molar-refractivity contribution in [2.24, 2.45) is 5.92 Å². The Morgan fingerprint density at radius 3 is 2.38 bits per heavy atom. The normalized spacial score (nSPS) is 22.4. The zero-order valence-electron chi connectivity index (χ0n) is 17.7. The van der Waals surface area contributed by atoms with Gasteiger partial charge in [-0.05, 0) is 32.3 Å². The van der Waals surface area contributed by atoms with Gasteiger partial charge in [-0.2, -0.15) is 0 Å². The summed E-state index contributed by atoms with van der Waals surface area (Å²) in [5.41, 5.74) is 2.29. The lowest BCUT2D eigenvalue weighted by atomic mass is 9.87. The molecule has 0 aliphatic carbocycles. The van der Waals surface area contributed by atoms with Crippen LogP contribution in [0.15, 0.2) is 24.3 Å². The van der Waals surface area contributed by atoms with Gasteiger partial charge >= 0.3 is 6.03 Å². The highest BCUT2D eigenvalue weighted by atomic mass is 16.2. The number of nitrogens with zero attached hydrogens (tertiary/aromatic N) is 3. The maximum atomic E-state index is 13.1. The van der Waals surface area contributed by atoms with Crippen molar-refractivity contribution in [3.05, 3.63) is 35.4 Å². The van der Waals surface area contributed by atoms with Gasteiger partial charge in [-0.25, -0.2) is 4.79 Å². The number of likely N-dealkylation sites (tertiary alicyclic amines) is 1. The number of amides is 4. The molecule has 1 N–H and O–H groups in total. The van der Waals surface area contributed by atoms with Gasteiger partial charge in [0.15, 0.2) is 0 Å². The lowest BCUT2D eigenvalue weighted by Gasteiger charge is -2.42. The molecule has 7 nitrogen and oxygen atoms in total. The van der Waals surface area contributed by atoms with E-state index in [0.29, 0.717) is 39.3 Å². The Morgan fingerprint density at radius 1 is 1.07 bits per heavy atom. The molecule has 7 heteroatoms. The van der Waals surface area contributed by atoms with Crippen LogP contribution in [0.2, 0.25) is 0 Å². The number of nitrogens with one attached hydrogen (secondary N) is 1. The molecule has 0 saturated carbocycles. The SMILES string of the molecule is CCNC(=O)N1C[C@@H](C(=O)N2CCN(C(C)=O)CC2)CC[C@H]1c1cccc(C)c1. The van der Waals surface area contributed by atoms with Crippen molar-refractivity contribution >= 4 is 17.8 Å². The van der Waals surface area contributed by atoms with Crippen molar-refractivity contribution in [3.8, 4) is 0 Å². The first-order chi connectivity index (χ1) is 13.9. The fourth-order valence-corrected chi connectivity index (χ4v) is 4.37. The molecular formula is C22H32N4O3. The molecule has 2 fully saturated rings. The molecule has 2 aliphatic heterocycles. The number of urea groups is 1. The largest absolute Gasteiger partial charge is 0.339 e. The van der Waals surface area contributed by atoms with Gasteiger partial charge in [0, 0.05) is 46.2 Å². The second kappa shape index (κ2) is 9.29. The number of piperidine rings is 1. The topological polar surface area (TPSA) is 73.0 Å². The molecule has 29 heavy (non-hydrogen) atoms. The third kappa shape index (κ3) is 4.89. The molecule has 0 radical (unpaired) electrons. The highest BCUT2D eigenvalue weighted by Crippen LogP contribution is 2.34. The Hall–Kier alpha value is -2.57. The van der Waals surface area contributed by atoms with Crippen molar-refractivity contribution in [3.63, 3.8) is 0 Å². The van der Waals surface area contributed by atoms with E-state index in [1.165, 1.54) is 5.56 Å². The van der Waals surface area contributed by atoms with Crippen molar-refractivity contribution in [1.29, 1.82) is 0 Å². The van der Waals surface area contributed by atoms with Gasteiger partial charge in [-0.3, -0.25) is 9.59 Å². The average molecular weight is 401 g/mol. The molecule has 0 aromatic heterocycles. The molecular weight excluding hydrogens is 368 g/mol. The number of hydrogen-bond acceptors (Lipinski definition) is 3. The fraction of sp³-hybridized carbons (Fsp3) is 0.591. The number of rotatable bonds is 3. The molecule has 1 aromatic rings. The molecule has 2 atom stereocenters. The van der Waals surface area contributed by atoms with E-state index in [0.717, 1.165) is 18.4 Å². The minimum absolute atomic E-state index is 0.0138. The molecule has 0 unspecified atom stereocenters. The lowest BCUT2D eigenvalue weighted by Crippen LogP contribution is -2.55. The summed E-state index contributed by atoms with van der Waals surface area (Å²) in [6.07, 6.45) is 1.53. The average Bonchev–Trinajstić information content (AvgIpc) is 2.73. The maximum Gasteiger partial charge on any atom is 0.317 e. The molecule has 0 spiro atoms. The van der Waals surface area contributed by atoms with Gasteiger partial charge in [-0.15, -0.1) is 0 Å². The van der Waals surface area contributed by atoms with Gasteiger partial charge in [-0.1, -0.05) is 29.8 Å². The third-order valence-corrected chi connectivity index (χ3v) is 5.98. The van der Waals surface area contributed by atoms with Gasteiger partial charge in [0.05, 0.1) is 12.0 Å². The van der Waals surface area contributed by atoms with Gasteiger partial charge < -0.3 is 20.0 Å². The summed E-state index contributed by atoms with van der Waals surface area (Å²) in [6, 6.07) is 8.13. The first-order valence-electron chi connectivity index (χ1n) is 10.6. The van der Waals surface area contributed by atoms with E-state index in [1.54, 1.807) is 11.8 Å². The molecule has 4 amide bonds. The van der Waals surface area contributed by atoms with Crippen LogP contribution < -0.4 is 5.32 Å². The number of benzene rings is 1. The van der Waals surface area contributed by atoms with Crippen LogP contribution in [-0.2, 0) is 9.59 Å². The van der Waals surface area contributed by atoms with E-state index in [4.69, 9.17) is 0 Å². The van der Waals surface area contributed by atoms with E-state index in [2.05, 4.69) is 30.4 Å². The van der Waals surface area contributed by atoms with Crippen LogP contribution in [0.25, 0.3) is 0 Å². The number of aryl methyl sites for hydroxylation is 1. The maximum absolute atomic E-state index is 13.1. The van der Waals surface area contributed by atoms with Crippen molar-refractivity contribution in [2.45, 2.75) is 39.7 Å². The predicted molar refractivity (Wildman–Crippen MR) is 111 cm³/mol. The van der Waals surface area contributed by atoms with Crippen molar-refractivity contribution in [2.75, 3.05) is 39.3 Å². The highest BCUT2D eigenvalue weighted by Gasteiger charge is 2.37. The fourth-order valence-electron chi connectivity index (χ4n) is 4.37. The van der Waals surface area contributed by atoms with Crippen LogP contribution in [-0.4, -0.2) is 71.8 Å². The first kappa shape index (κ1) is 21.1. The minimum atomic E-state index is -0.192. The number of piperazine rings is 1. The quantitative estimate of drug-likeness (QED) is 0.845. The van der Waals surface area contributed by atoms with E-state index in [-0.39, 0.29) is 29.8 Å². The second-order valence-corrected chi connectivity index (χ2v) is 8.02. The van der Waals surface area contributed by atoms with E-state index >= 15 is 0 Å². The summed E-state index contributed by atoms with van der Waals surface area (Å²) in [7, 11) is 0. The Morgan fingerprint density at radius 2 is 1.76 bits per heavy atom. The Labute approximate surface area is 173 Å². The summed E-state index contributed by atoms with van der Waals surface area (Å²) in [6.45, 7) is 8.80. The van der Waals surface area contributed by atoms with Crippen LogP contribution in [0.1, 0.15) is 43.9 Å². The van der Waals surface area contributed by atoms with E-state index in [9.17, 15) is 14.4 Å². The van der Waals surface area contributed by atoms with Crippen molar-refractivity contribution < 1.29 is 14.4 Å².